The Balaban J connectivity index is 2.17. The molecule has 21 heavy (non-hydrogen) atoms. The van der Waals surface area contributed by atoms with Crippen LogP contribution in [0.5, 0.6) is 0 Å². The van der Waals surface area contributed by atoms with Crippen molar-refractivity contribution in [2.75, 3.05) is 25.6 Å². The van der Waals surface area contributed by atoms with Crippen molar-refractivity contribution in [1.82, 2.24) is 9.55 Å². The van der Waals surface area contributed by atoms with Crippen LogP contribution in [0.4, 0.5) is 5.95 Å². The van der Waals surface area contributed by atoms with E-state index in [9.17, 15) is 0 Å². The Labute approximate surface area is 127 Å². The second-order valence-electron chi connectivity index (χ2n) is 5.22. The van der Waals surface area contributed by atoms with Crippen LogP contribution in [0.2, 0.25) is 0 Å². The maximum atomic E-state index is 5.09. The molecule has 2 aromatic rings. The molecular formula is C17H25N3O. The molecule has 1 aromatic carbocycles. The number of ether oxygens (including phenoxy) is 1. The molecule has 4 heteroatoms. The van der Waals surface area contributed by atoms with E-state index in [1.54, 1.807) is 7.11 Å². The number of nitrogens with one attached hydrogen (secondary N) is 1. The first-order valence-corrected chi connectivity index (χ1v) is 7.59. The maximum absolute atomic E-state index is 5.09. The van der Waals surface area contributed by atoms with Crippen molar-refractivity contribution in [3.05, 3.63) is 47.8 Å². The largest absolute Gasteiger partial charge is 0.385 e. The lowest BCUT2D eigenvalue weighted by molar-refractivity contribution is 0.197. The van der Waals surface area contributed by atoms with Crippen LogP contribution in [0.25, 0.3) is 0 Å². The Morgan fingerprint density at radius 3 is 2.71 bits per heavy atom. The molecule has 0 spiro atoms. The molecule has 0 aliphatic heterocycles. The summed E-state index contributed by atoms with van der Waals surface area (Å²) in [6, 6.07) is 10.9. The SMILES string of the molecule is CCC(c1ccccc1)n1cc(C)nc1NCCCOC. The Morgan fingerprint density at radius 2 is 2.05 bits per heavy atom. The highest BCUT2D eigenvalue weighted by atomic mass is 16.5. The van der Waals surface area contributed by atoms with Gasteiger partial charge >= 0.3 is 0 Å². The van der Waals surface area contributed by atoms with Crippen molar-refractivity contribution in [2.24, 2.45) is 0 Å². The van der Waals surface area contributed by atoms with E-state index >= 15 is 0 Å². The summed E-state index contributed by atoms with van der Waals surface area (Å²) < 4.78 is 7.33. The van der Waals surface area contributed by atoms with Crippen molar-refractivity contribution in [3.8, 4) is 0 Å². The lowest BCUT2D eigenvalue weighted by atomic mass is 10.0. The summed E-state index contributed by atoms with van der Waals surface area (Å²) in [7, 11) is 1.73. The van der Waals surface area contributed by atoms with Crippen molar-refractivity contribution in [1.29, 1.82) is 0 Å². The molecule has 1 atom stereocenters. The molecule has 1 aromatic heterocycles. The molecule has 0 radical (unpaired) electrons. The highest BCUT2D eigenvalue weighted by molar-refractivity contribution is 5.33. The van der Waals surface area contributed by atoms with Gasteiger partial charge in [0, 0.05) is 26.5 Å². The molecule has 114 valence electrons. The van der Waals surface area contributed by atoms with E-state index in [-0.39, 0.29) is 0 Å². The number of aromatic nitrogens is 2. The van der Waals surface area contributed by atoms with E-state index in [1.165, 1.54) is 5.56 Å². The van der Waals surface area contributed by atoms with Crippen LogP contribution in [0.15, 0.2) is 36.5 Å². The van der Waals surface area contributed by atoms with Crippen molar-refractivity contribution in [2.45, 2.75) is 32.7 Å². The highest BCUT2D eigenvalue weighted by Gasteiger charge is 2.15. The van der Waals surface area contributed by atoms with Gasteiger partial charge in [-0.3, -0.25) is 0 Å². The fourth-order valence-electron chi connectivity index (χ4n) is 2.57. The van der Waals surface area contributed by atoms with Crippen LogP contribution < -0.4 is 5.32 Å². The second-order valence-corrected chi connectivity index (χ2v) is 5.22. The molecule has 0 bridgehead atoms. The van der Waals surface area contributed by atoms with Crippen LogP contribution in [-0.4, -0.2) is 29.8 Å². The van der Waals surface area contributed by atoms with Crippen LogP contribution in [0.3, 0.4) is 0 Å². The summed E-state index contributed by atoms with van der Waals surface area (Å²) in [4.78, 5) is 4.61. The first-order valence-electron chi connectivity index (χ1n) is 7.59. The molecule has 4 nitrogen and oxygen atoms in total. The van der Waals surface area contributed by atoms with Crippen LogP contribution in [0.1, 0.15) is 37.1 Å². The average molecular weight is 287 g/mol. The molecular weight excluding hydrogens is 262 g/mol. The monoisotopic (exact) mass is 287 g/mol. The third kappa shape index (κ3) is 4.08. The molecule has 0 saturated heterocycles. The van der Waals surface area contributed by atoms with E-state index < -0.39 is 0 Å². The van der Waals surface area contributed by atoms with Crippen molar-refractivity contribution in [3.63, 3.8) is 0 Å². The predicted octanol–water partition coefficient (Wildman–Crippen LogP) is 3.64. The fraction of sp³-hybridized carbons (Fsp3) is 0.471. The maximum Gasteiger partial charge on any atom is 0.203 e. The Bertz CT molecular complexity index is 536. The first kappa shape index (κ1) is 15.6. The molecule has 0 aliphatic rings. The summed E-state index contributed by atoms with van der Waals surface area (Å²) in [5.41, 5.74) is 2.36. The molecule has 0 aliphatic carbocycles. The van der Waals surface area contributed by atoms with E-state index in [1.807, 2.05) is 6.92 Å². The zero-order valence-electron chi connectivity index (χ0n) is 13.2. The van der Waals surface area contributed by atoms with Crippen molar-refractivity contribution >= 4 is 5.95 Å². The Hall–Kier alpha value is -1.81. The third-order valence-corrected chi connectivity index (χ3v) is 3.57. The predicted molar refractivity (Wildman–Crippen MR) is 86.8 cm³/mol. The highest BCUT2D eigenvalue weighted by Crippen LogP contribution is 2.26. The molecule has 1 unspecified atom stereocenters. The normalized spacial score (nSPS) is 12.3. The first-order chi connectivity index (χ1) is 10.3. The van der Waals surface area contributed by atoms with Gasteiger partial charge in [0.15, 0.2) is 0 Å². The van der Waals surface area contributed by atoms with E-state index in [0.29, 0.717) is 6.04 Å². The number of hydrogen-bond acceptors (Lipinski definition) is 3. The fourth-order valence-corrected chi connectivity index (χ4v) is 2.57. The number of anilines is 1. The van der Waals surface area contributed by atoms with Gasteiger partial charge in [0.05, 0.1) is 11.7 Å². The number of hydrogen-bond donors (Lipinski definition) is 1. The molecule has 1 heterocycles. The lowest BCUT2D eigenvalue weighted by Crippen LogP contribution is -2.15. The molecule has 0 saturated carbocycles. The smallest absolute Gasteiger partial charge is 0.203 e. The van der Waals surface area contributed by atoms with Gasteiger partial charge in [-0.05, 0) is 25.3 Å². The number of imidazole rings is 1. The minimum Gasteiger partial charge on any atom is -0.385 e. The minimum absolute atomic E-state index is 0.317. The van der Waals surface area contributed by atoms with Gasteiger partial charge in [-0.15, -0.1) is 0 Å². The van der Waals surface area contributed by atoms with Crippen LogP contribution in [0, 0.1) is 6.92 Å². The lowest BCUT2D eigenvalue weighted by Gasteiger charge is -2.20. The van der Waals surface area contributed by atoms with E-state index in [4.69, 9.17) is 4.74 Å². The summed E-state index contributed by atoms with van der Waals surface area (Å²) in [6.07, 6.45) is 4.14. The van der Waals surface area contributed by atoms with Crippen LogP contribution >= 0.6 is 0 Å². The molecule has 0 amide bonds. The molecule has 0 fully saturated rings. The number of nitrogens with zero attached hydrogens (tertiary/aromatic N) is 2. The Morgan fingerprint density at radius 1 is 1.29 bits per heavy atom. The van der Waals surface area contributed by atoms with Gasteiger partial charge in [0.2, 0.25) is 5.95 Å². The van der Waals surface area contributed by atoms with Gasteiger partial charge in [0.25, 0.3) is 0 Å². The second kappa shape index (κ2) is 7.84. The number of aryl methyl sites for hydroxylation is 1. The molecule has 1 N–H and O–H groups in total. The average Bonchev–Trinajstić information content (AvgIpc) is 2.86. The summed E-state index contributed by atoms with van der Waals surface area (Å²) >= 11 is 0. The van der Waals surface area contributed by atoms with Gasteiger partial charge in [0.1, 0.15) is 0 Å². The summed E-state index contributed by atoms with van der Waals surface area (Å²) in [5.74, 6) is 0.944. The topological polar surface area (TPSA) is 39.1 Å². The standard InChI is InChI=1S/C17H25N3O/c1-4-16(15-9-6-5-7-10-15)20-13-14(2)19-17(20)18-11-8-12-21-3/h5-7,9-10,13,16H,4,8,11-12H2,1-3H3,(H,18,19). The van der Waals surface area contributed by atoms with E-state index in [0.717, 1.165) is 37.6 Å². The number of methoxy groups -OCH3 is 1. The van der Waals surface area contributed by atoms with E-state index in [2.05, 4.69) is 58.3 Å². The van der Waals surface area contributed by atoms with Gasteiger partial charge in [-0.2, -0.15) is 0 Å². The third-order valence-electron chi connectivity index (χ3n) is 3.57. The minimum atomic E-state index is 0.317. The summed E-state index contributed by atoms with van der Waals surface area (Å²) in [6.45, 7) is 5.88. The number of rotatable bonds is 8. The number of benzene rings is 1. The quantitative estimate of drug-likeness (QED) is 0.753. The summed E-state index contributed by atoms with van der Waals surface area (Å²) in [5, 5.41) is 3.43. The van der Waals surface area contributed by atoms with Gasteiger partial charge in [-0.1, -0.05) is 37.3 Å². The van der Waals surface area contributed by atoms with Crippen LogP contribution in [-0.2, 0) is 4.74 Å². The van der Waals surface area contributed by atoms with Gasteiger partial charge < -0.3 is 14.6 Å². The Kier molecular flexibility index (Phi) is 5.81. The van der Waals surface area contributed by atoms with Gasteiger partial charge in [-0.25, -0.2) is 4.98 Å². The zero-order valence-corrected chi connectivity index (χ0v) is 13.2. The molecule has 2 rings (SSSR count). The zero-order chi connectivity index (χ0) is 15.1. The van der Waals surface area contributed by atoms with Crippen molar-refractivity contribution < 1.29 is 4.74 Å².